The van der Waals surface area contributed by atoms with E-state index < -0.39 is 0 Å². The highest BCUT2D eigenvalue weighted by atomic mass is 16.5. The number of amides is 1. The summed E-state index contributed by atoms with van der Waals surface area (Å²) < 4.78 is 5.20. The summed E-state index contributed by atoms with van der Waals surface area (Å²) in [4.78, 5) is 25.2. The number of nitrogens with one attached hydrogen (secondary N) is 1. The number of carbonyl (C=O) groups is 1. The monoisotopic (exact) mass is 355 g/mol. The normalized spacial score (nSPS) is 14.2. The van der Waals surface area contributed by atoms with E-state index in [9.17, 15) is 4.79 Å². The molecule has 26 heavy (non-hydrogen) atoms. The van der Waals surface area contributed by atoms with Gasteiger partial charge < -0.3 is 19.9 Å². The second kappa shape index (κ2) is 8.51. The highest BCUT2D eigenvalue weighted by Crippen LogP contribution is 2.21. The molecule has 0 saturated carbocycles. The molecule has 1 amide bonds. The quantitative estimate of drug-likeness (QED) is 0.857. The topological polar surface area (TPSA) is 70.6 Å². The Bertz CT molecular complexity index is 710. The largest absolute Gasteiger partial charge is 0.497 e. The minimum atomic E-state index is -0.0126. The minimum Gasteiger partial charge on any atom is -0.497 e. The van der Waals surface area contributed by atoms with Crippen molar-refractivity contribution in [2.45, 2.75) is 13.3 Å². The second-order valence-electron chi connectivity index (χ2n) is 6.20. The summed E-state index contributed by atoms with van der Waals surface area (Å²) in [6.07, 6.45) is 4.20. The summed E-state index contributed by atoms with van der Waals surface area (Å²) in [5.74, 6) is 1.40. The molecule has 1 N–H and O–H groups in total. The first-order valence-electron chi connectivity index (χ1n) is 8.95. The van der Waals surface area contributed by atoms with Crippen molar-refractivity contribution in [3.8, 4) is 5.75 Å². The minimum absolute atomic E-state index is 0.0126. The van der Waals surface area contributed by atoms with Crippen molar-refractivity contribution in [2.75, 3.05) is 50.1 Å². The molecule has 1 aliphatic rings. The molecule has 138 valence electrons. The first-order valence-corrected chi connectivity index (χ1v) is 8.95. The summed E-state index contributed by atoms with van der Waals surface area (Å²) in [6.45, 7) is 5.86. The van der Waals surface area contributed by atoms with Crippen LogP contribution in [0.5, 0.6) is 5.75 Å². The number of anilines is 2. The van der Waals surface area contributed by atoms with Crippen molar-refractivity contribution >= 4 is 17.5 Å². The van der Waals surface area contributed by atoms with Crippen LogP contribution in [0.25, 0.3) is 0 Å². The maximum atomic E-state index is 12.6. The molecular weight excluding hydrogens is 330 g/mol. The van der Waals surface area contributed by atoms with Crippen molar-refractivity contribution in [3.63, 3.8) is 0 Å². The predicted molar refractivity (Wildman–Crippen MR) is 102 cm³/mol. The molecule has 0 radical (unpaired) electrons. The summed E-state index contributed by atoms with van der Waals surface area (Å²) in [7, 11) is 1.66. The van der Waals surface area contributed by atoms with Gasteiger partial charge in [-0.2, -0.15) is 0 Å². The van der Waals surface area contributed by atoms with Crippen molar-refractivity contribution in [3.05, 3.63) is 42.2 Å². The molecule has 3 rings (SSSR count). The third kappa shape index (κ3) is 4.22. The molecule has 1 saturated heterocycles. The fraction of sp³-hybridized carbons (Fsp3) is 0.421. The number of ether oxygens (including phenoxy) is 1. The molecule has 0 spiro atoms. The van der Waals surface area contributed by atoms with E-state index >= 15 is 0 Å². The molecule has 0 aliphatic carbocycles. The van der Waals surface area contributed by atoms with Gasteiger partial charge in [0.15, 0.2) is 0 Å². The van der Waals surface area contributed by atoms with Crippen LogP contribution in [-0.4, -0.2) is 60.6 Å². The van der Waals surface area contributed by atoms with Crippen LogP contribution in [0.2, 0.25) is 0 Å². The zero-order valence-corrected chi connectivity index (χ0v) is 15.3. The number of rotatable bonds is 6. The van der Waals surface area contributed by atoms with Gasteiger partial charge in [0.25, 0.3) is 5.91 Å². The Balaban J connectivity index is 1.55. The molecule has 0 unspecified atom stereocenters. The van der Waals surface area contributed by atoms with E-state index in [-0.39, 0.29) is 5.91 Å². The number of methoxy groups -OCH3 is 1. The van der Waals surface area contributed by atoms with Gasteiger partial charge in [0.1, 0.15) is 5.75 Å². The molecule has 2 aromatic rings. The fourth-order valence-electron chi connectivity index (χ4n) is 2.91. The van der Waals surface area contributed by atoms with E-state index in [1.54, 1.807) is 19.5 Å². The van der Waals surface area contributed by atoms with Crippen molar-refractivity contribution < 1.29 is 9.53 Å². The molecule has 1 aromatic carbocycles. The van der Waals surface area contributed by atoms with Gasteiger partial charge >= 0.3 is 0 Å². The van der Waals surface area contributed by atoms with Crippen LogP contribution in [0.4, 0.5) is 11.6 Å². The smallest absolute Gasteiger partial charge is 0.257 e. The number of aromatic nitrogens is 2. The SMILES string of the molecule is CCCNc1ncc(C(=O)N2CCN(c3ccc(OC)cc3)CC2)cn1. The fourth-order valence-corrected chi connectivity index (χ4v) is 2.91. The van der Waals surface area contributed by atoms with Gasteiger partial charge in [-0.3, -0.25) is 4.79 Å². The summed E-state index contributed by atoms with van der Waals surface area (Å²) in [5.41, 5.74) is 1.68. The maximum absolute atomic E-state index is 12.6. The van der Waals surface area contributed by atoms with Gasteiger partial charge in [0.2, 0.25) is 5.95 Å². The summed E-state index contributed by atoms with van der Waals surface area (Å²) in [6, 6.07) is 8.01. The van der Waals surface area contributed by atoms with Gasteiger partial charge in [0.05, 0.1) is 12.7 Å². The molecule has 7 nitrogen and oxygen atoms in total. The van der Waals surface area contributed by atoms with Crippen LogP contribution in [0, 0.1) is 0 Å². The Kier molecular flexibility index (Phi) is 5.88. The first-order chi connectivity index (χ1) is 12.7. The molecule has 1 aliphatic heterocycles. The number of nitrogens with zero attached hydrogens (tertiary/aromatic N) is 4. The van der Waals surface area contributed by atoms with Gasteiger partial charge in [-0.1, -0.05) is 6.92 Å². The standard InChI is InChI=1S/C19H25N5O2/c1-3-8-20-19-21-13-15(14-22-19)18(25)24-11-9-23(10-12-24)16-4-6-17(26-2)7-5-16/h4-7,13-14H,3,8-12H2,1-2H3,(H,20,21,22). The van der Waals surface area contributed by atoms with Crippen LogP contribution >= 0.6 is 0 Å². The number of hydrogen-bond acceptors (Lipinski definition) is 6. The van der Waals surface area contributed by atoms with Crippen molar-refractivity contribution in [1.82, 2.24) is 14.9 Å². The van der Waals surface area contributed by atoms with E-state index in [0.29, 0.717) is 24.6 Å². The lowest BCUT2D eigenvalue weighted by Crippen LogP contribution is -2.48. The Hall–Kier alpha value is -2.83. The lowest BCUT2D eigenvalue weighted by Gasteiger charge is -2.36. The second-order valence-corrected chi connectivity index (χ2v) is 6.20. The van der Waals surface area contributed by atoms with Crippen molar-refractivity contribution in [2.24, 2.45) is 0 Å². The highest BCUT2D eigenvalue weighted by molar-refractivity contribution is 5.93. The van der Waals surface area contributed by atoms with Crippen LogP contribution in [0.3, 0.4) is 0 Å². The predicted octanol–water partition coefficient (Wildman–Crippen LogP) is 2.27. The van der Waals surface area contributed by atoms with E-state index in [0.717, 1.165) is 37.5 Å². The van der Waals surface area contributed by atoms with Crippen molar-refractivity contribution in [1.29, 1.82) is 0 Å². The van der Waals surface area contributed by atoms with Gasteiger partial charge in [-0.15, -0.1) is 0 Å². The third-order valence-corrected chi connectivity index (χ3v) is 4.44. The van der Waals surface area contributed by atoms with E-state index in [4.69, 9.17) is 4.74 Å². The van der Waals surface area contributed by atoms with Gasteiger partial charge in [0, 0.05) is 50.8 Å². The van der Waals surface area contributed by atoms with Gasteiger partial charge in [-0.05, 0) is 30.7 Å². The Morgan fingerprint density at radius 2 is 1.77 bits per heavy atom. The lowest BCUT2D eigenvalue weighted by atomic mass is 10.2. The van der Waals surface area contributed by atoms with Crippen LogP contribution in [0.1, 0.15) is 23.7 Å². The molecule has 0 bridgehead atoms. The average molecular weight is 355 g/mol. The number of benzene rings is 1. The Morgan fingerprint density at radius 1 is 1.12 bits per heavy atom. The van der Waals surface area contributed by atoms with E-state index in [2.05, 4.69) is 27.1 Å². The number of piperazine rings is 1. The molecule has 1 fully saturated rings. The van der Waals surface area contributed by atoms with E-state index in [1.165, 1.54) is 0 Å². The van der Waals surface area contributed by atoms with E-state index in [1.807, 2.05) is 29.2 Å². The van der Waals surface area contributed by atoms with Crippen LogP contribution < -0.4 is 15.0 Å². The van der Waals surface area contributed by atoms with Gasteiger partial charge in [-0.25, -0.2) is 9.97 Å². The molecular formula is C19H25N5O2. The molecule has 1 aromatic heterocycles. The Labute approximate surface area is 154 Å². The maximum Gasteiger partial charge on any atom is 0.257 e. The highest BCUT2D eigenvalue weighted by Gasteiger charge is 2.22. The Morgan fingerprint density at radius 3 is 2.35 bits per heavy atom. The molecule has 7 heteroatoms. The molecule has 0 atom stereocenters. The lowest BCUT2D eigenvalue weighted by molar-refractivity contribution is 0.0746. The first kappa shape index (κ1) is 18.0. The number of carbonyl (C=O) groups excluding carboxylic acids is 1. The summed E-state index contributed by atoms with van der Waals surface area (Å²) in [5, 5.41) is 3.11. The number of hydrogen-bond donors (Lipinski definition) is 1. The van der Waals surface area contributed by atoms with Crippen LogP contribution in [0.15, 0.2) is 36.7 Å². The zero-order chi connectivity index (χ0) is 18.4. The summed E-state index contributed by atoms with van der Waals surface area (Å²) >= 11 is 0. The zero-order valence-electron chi connectivity index (χ0n) is 15.3. The third-order valence-electron chi connectivity index (χ3n) is 4.44. The molecule has 2 heterocycles. The average Bonchev–Trinajstić information content (AvgIpc) is 2.72. The van der Waals surface area contributed by atoms with Crippen LogP contribution in [-0.2, 0) is 0 Å².